The number of hydroxylamine groups is 1. The van der Waals surface area contributed by atoms with Crippen LogP contribution >= 0.6 is 11.3 Å². The van der Waals surface area contributed by atoms with Crippen molar-refractivity contribution in [2.75, 3.05) is 33.3 Å². The van der Waals surface area contributed by atoms with Gasteiger partial charge in [0.05, 0.1) is 18.4 Å². The Kier molecular flexibility index (Phi) is 7.68. The Morgan fingerprint density at radius 3 is 2.54 bits per heavy atom. The van der Waals surface area contributed by atoms with Crippen LogP contribution in [0.3, 0.4) is 0 Å². The minimum absolute atomic E-state index is 0.0480. The van der Waals surface area contributed by atoms with Gasteiger partial charge in [0.2, 0.25) is 0 Å². The molecule has 10 nitrogen and oxygen atoms in total. The van der Waals surface area contributed by atoms with Crippen molar-refractivity contribution in [3.05, 3.63) is 51.0 Å². The lowest BCUT2D eigenvalue weighted by Crippen LogP contribution is -2.63. The van der Waals surface area contributed by atoms with Crippen molar-refractivity contribution in [1.29, 1.82) is 0 Å². The summed E-state index contributed by atoms with van der Waals surface area (Å²) in [6.07, 6.45) is 1.70. The van der Waals surface area contributed by atoms with Crippen molar-refractivity contribution < 1.29 is 24.3 Å². The molecule has 4 rings (SSSR count). The van der Waals surface area contributed by atoms with Gasteiger partial charge in [-0.1, -0.05) is 0 Å². The number of carbonyl (C=O) groups is 3. The smallest absolute Gasteiger partial charge is 0.354 e. The molecule has 2 fully saturated rings. The first-order chi connectivity index (χ1) is 16.8. The number of aromatic carboxylic acids is 1. The van der Waals surface area contributed by atoms with E-state index in [1.165, 1.54) is 13.2 Å². The van der Waals surface area contributed by atoms with E-state index in [9.17, 15) is 19.5 Å². The lowest BCUT2D eigenvalue weighted by molar-refractivity contribution is 0.00705. The van der Waals surface area contributed by atoms with E-state index >= 15 is 0 Å². The number of carbonyl (C=O) groups excluding carboxylic acids is 2. The number of urea groups is 1. The van der Waals surface area contributed by atoms with Gasteiger partial charge in [0.25, 0.3) is 5.91 Å². The van der Waals surface area contributed by atoms with Crippen LogP contribution in [0.5, 0.6) is 0 Å². The van der Waals surface area contributed by atoms with Gasteiger partial charge < -0.3 is 14.9 Å². The molecule has 0 spiro atoms. The molecular formula is C24H31N5O5S. The van der Waals surface area contributed by atoms with Gasteiger partial charge in [-0.15, -0.1) is 0 Å². The van der Waals surface area contributed by atoms with Crippen molar-refractivity contribution in [2.45, 2.75) is 45.3 Å². The predicted molar refractivity (Wildman–Crippen MR) is 130 cm³/mol. The number of carboxylic acids is 1. The number of hydrogen-bond acceptors (Lipinski definition) is 7. The summed E-state index contributed by atoms with van der Waals surface area (Å²) in [5, 5.41) is 13.2. The van der Waals surface area contributed by atoms with Crippen LogP contribution < -0.4 is 5.48 Å². The van der Waals surface area contributed by atoms with Gasteiger partial charge >= 0.3 is 12.0 Å². The number of carboxylic acid groups (broad SMARTS) is 1. The highest BCUT2D eigenvalue weighted by atomic mass is 32.1. The molecule has 2 aliphatic heterocycles. The summed E-state index contributed by atoms with van der Waals surface area (Å²) in [5.74, 6) is -1.20. The van der Waals surface area contributed by atoms with Crippen molar-refractivity contribution in [3.63, 3.8) is 0 Å². The standard InChI is InChI=1S/C24H31N5O5S/c1-15-10-20(23(31)32)25-16(2)21(15)22(30)28-12-19(13-28)27-7-4-18(5-8-27)29(24(33)26-34-3)11-17-6-9-35-14-17/h6,9-10,14,18-19H,4-5,7-8,11-13H2,1-3H3,(H,26,33)(H,31,32). The van der Waals surface area contributed by atoms with Crippen molar-refractivity contribution >= 4 is 29.2 Å². The van der Waals surface area contributed by atoms with Crippen LogP contribution in [0.4, 0.5) is 4.79 Å². The Bertz CT molecular complexity index is 1050. The summed E-state index contributed by atoms with van der Waals surface area (Å²) in [7, 11) is 1.44. The molecule has 35 heavy (non-hydrogen) atoms. The summed E-state index contributed by atoms with van der Waals surface area (Å²) < 4.78 is 0. The number of nitrogens with one attached hydrogen (secondary N) is 1. The SMILES string of the molecule is CONC(=O)N(Cc1ccsc1)C1CCN(C2CN(C(=O)c3c(C)cc(C(=O)O)nc3C)C2)CC1. The predicted octanol–water partition coefficient (Wildman–Crippen LogP) is 2.52. The first kappa shape index (κ1) is 25.1. The van der Waals surface area contributed by atoms with Crippen LogP contribution in [0.25, 0.3) is 0 Å². The van der Waals surface area contributed by atoms with Gasteiger partial charge in [0.1, 0.15) is 5.69 Å². The highest BCUT2D eigenvalue weighted by Crippen LogP contribution is 2.26. The molecule has 2 aliphatic rings. The molecule has 0 radical (unpaired) electrons. The number of nitrogens with zero attached hydrogens (tertiary/aromatic N) is 4. The molecule has 188 valence electrons. The third-order valence-corrected chi connectivity index (χ3v) is 7.55. The molecule has 2 aromatic rings. The second-order valence-electron chi connectivity index (χ2n) is 9.09. The van der Waals surface area contributed by atoms with E-state index in [1.54, 1.807) is 30.1 Å². The average molecular weight is 502 g/mol. The van der Waals surface area contributed by atoms with Crippen LogP contribution in [0, 0.1) is 13.8 Å². The highest BCUT2D eigenvalue weighted by molar-refractivity contribution is 7.07. The van der Waals surface area contributed by atoms with Gasteiger partial charge in [-0.05, 0) is 60.7 Å². The molecule has 0 aliphatic carbocycles. The molecule has 2 saturated heterocycles. The Balaban J connectivity index is 1.32. The quantitative estimate of drug-likeness (QED) is 0.560. The zero-order valence-electron chi connectivity index (χ0n) is 20.2. The van der Waals surface area contributed by atoms with E-state index in [4.69, 9.17) is 4.84 Å². The number of likely N-dealkylation sites (tertiary alicyclic amines) is 2. The molecule has 2 aromatic heterocycles. The fourth-order valence-corrected chi connectivity index (χ4v) is 5.59. The highest BCUT2D eigenvalue weighted by Gasteiger charge is 2.39. The number of hydrogen-bond donors (Lipinski definition) is 2. The first-order valence-corrected chi connectivity index (χ1v) is 12.6. The lowest BCUT2D eigenvalue weighted by atomic mass is 9.97. The fourth-order valence-electron chi connectivity index (χ4n) is 4.93. The lowest BCUT2D eigenvalue weighted by Gasteiger charge is -2.48. The maximum atomic E-state index is 13.1. The minimum Gasteiger partial charge on any atom is -0.477 e. The third-order valence-electron chi connectivity index (χ3n) is 6.82. The summed E-state index contributed by atoms with van der Waals surface area (Å²) in [5.41, 5.74) is 5.07. The van der Waals surface area contributed by atoms with Crippen LogP contribution in [0.2, 0.25) is 0 Å². The van der Waals surface area contributed by atoms with Crippen molar-refractivity contribution in [3.8, 4) is 0 Å². The van der Waals surface area contributed by atoms with E-state index in [1.807, 2.05) is 16.3 Å². The number of thiophene rings is 1. The number of amides is 3. The summed E-state index contributed by atoms with van der Waals surface area (Å²) in [6.45, 7) is 6.93. The van der Waals surface area contributed by atoms with Gasteiger partial charge in [0, 0.05) is 44.8 Å². The molecule has 0 aromatic carbocycles. The minimum atomic E-state index is -1.10. The van der Waals surface area contributed by atoms with Gasteiger partial charge in [-0.25, -0.2) is 20.1 Å². The van der Waals surface area contributed by atoms with Crippen molar-refractivity contribution in [1.82, 2.24) is 25.2 Å². The number of pyridine rings is 1. The summed E-state index contributed by atoms with van der Waals surface area (Å²) in [4.78, 5) is 51.9. The first-order valence-electron chi connectivity index (χ1n) is 11.6. The molecular weight excluding hydrogens is 470 g/mol. The van der Waals surface area contributed by atoms with Gasteiger partial charge in [-0.3, -0.25) is 14.5 Å². The zero-order valence-corrected chi connectivity index (χ0v) is 21.0. The molecule has 0 unspecified atom stereocenters. The summed E-state index contributed by atoms with van der Waals surface area (Å²) >= 11 is 1.61. The number of piperidine rings is 1. The van der Waals surface area contributed by atoms with Gasteiger partial charge in [-0.2, -0.15) is 11.3 Å². The molecule has 11 heteroatoms. The number of aryl methyl sites for hydroxylation is 2. The normalized spacial score (nSPS) is 17.2. The maximum Gasteiger partial charge on any atom is 0.354 e. The Morgan fingerprint density at radius 1 is 1.26 bits per heavy atom. The number of aromatic nitrogens is 1. The molecule has 0 bridgehead atoms. The Morgan fingerprint density at radius 2 is 1.97 bits per heavy atom. The van der Waals surface area contributed by atoms with Crippen LogP contribution in [-0.2, 0) is 11.4 Å². The van der Waals surface area contributed by atoms with Crippen LogP contribution in [0.1, 0.15) is 50.5 Å². The molecule has 0 saturated carbocycles. The second-order valence-corrected chi connectivity index (χ2v) is 9.87. The Hall–Kier alpha value is -3.02. The van der Waals surface area contributed by atoms with Crippen molar-refractivity contribution in [2.24, 2.45) is 0 Å². The van der Waals surface area contributed by atoms with E-state index in [-0.39, 0.29) is 29.7 Å². The molecule has 0 atom stereocenters. The molecule has 2 N–H and O–H groups in total. The average Bonchev–Trinajstić information content (AvgIpc) is 3.30. The van der Waals surface area contributed by atoms with E-state index in [0.29, 0.717) is 36.5 Å². The van der Waals surface area contributed by atoms with E-state index in [0.717, 1.165) is 31.5 Å². The van der Waals surface area contributed by atoms with Crippen LogP contribution in [-0.4, -0.2) is 88.1 Å². The van der Waals surface area contributed by atoms with Gasteiger partial charge in [0.15, 0.2) is 0 Å². The molecule has 3 amide bonds. The third kappa shape index (κ3) is 5.47. The maximum absolute atomic E-state index is 13.1. The fraction of sp³-hybridized carbons (Fsp3) is 0.500. The Labute approximate surface area is 208 Å². The largest absolute Gasteiger partial charge is 0.477 e. The second kappa shape index (κ2) is 10.7. The van der Waals surface area contributed by atoms with E-state index in [2.05, 4.69) is 20.7 Å². The molecule has 4 heterocycles. The monoisotopic (exact) mass is 501 g/mol. The number of rotatable bonds is 7. The topological polar surface area (TPSA) is 115 Å². The van der Waals surface area contributed by atoms with E-state index < -0.39 is 5.97 Å². The zero-order chi connectivity index (χ0) is 25.1. The summed E-state index contributed by atoms with van der Waals surface area (Å²) in [6, 6.07) is 3.65. The van der Waals surface area contributed by atoms with Crippen LogP contribution in [0.15, 0.2) is 22.9 Å².